The van der Waals surface area contributed by atoms with E-state index in [4.69, 9.17) is 14.6 Å². The first-order valence-electron chi connectivity index (χ1n) is 10.1. The molecule has 1 amide bonds. The number of esters is 2. The van der Waals surface area contributed by atoms with E-state index < -0.39 is 50.8 Å². The van der Waals surface area contributed by atoms with Crippen molar-refractivity contribution < 1.29 is 36.7 Å². The predicted molar refractivity (Wildman–Crippen MR) is 118 cm³/mol. The quantitative estimate of drug-likeness (QED) is 0.559. The first-order chi connectivity index (χ1) is 15.5. The maximum atomic E-state index is 14.0. The van der Waals surface area contributed by atoms with Gasteiger partial charge in [0.05, 0.1) is 22.1 Å². The number of sulfonamides is 1. The maximum absolute atomic E-state index is 14.0. The van der Waals surface area contributed by atoms with E-state index in [2.05, 4.69) is 5.32 Å². The van der Waals surface area contributed by atoms with Crippen molar-refractivity contribution in [2.45, 2.75) is 50.5 Å². The van der Waals surface area contributed by atoms with Crippen LogP contribution in [0.2, 0.25) is 0 Å². The molecule has 0 atom stereocenters. The summed E-state index contributed by atoms with van der Waals surface area (Å²) in [5, 5.41) is 7.86. The Morgan fingerprint density at radius 1 is 1.18 bits per heavy atom. The van der Waals surface area contributed by atoms with Crippen molar-refractivity contribution in [1.82, 2.24) is 0 Å². The lowest BCUT2D eigenvalue weighted by molar-refractivity contribution is -0.119. The molecule has 0 radical (unpaired) electrons. The summed E-state index contributed by atoms with van der Waals surface area (Å²) in [4.78, 5) is 37.8. The fourth-order valence-electron chi connectivity index (χ4n) is 3.35. The van der Waals surface area contributed by atoms with E-state index in [1.165, 1.54) is 11.3 Å². The molecular weight excluding hydrogens is 475 g/mol. The molecule has 0 bridgehead atoms. The molecule has 1 aromatic carbocycles. The van der Waals surface area contributed by atoms with Gasteiger partial charge in [-0.25, -0.2) is 27.5 Å². The number of amides is 1. The molecule has 1 heterocycles. The van der Waals surface area contributed by atoms with Crippen molar-refractivity contribution in [3.05, 3.63) is 45.6 Å². The molecule has 0 fully saturated rings. The highest BCUT2D eigenvalue weighted by Gasteiger charge is 2.28. The number of primary sulfonamides is 1. The summed E-state index contributed by atoms with van der Waals surface area (Å²) in [6, 6.07) is 2.40. The first kappa shape index (κ1) is 24.8. The molecule has 1 aliphatic carbocycles. The van der Waals surface area contributed by atoms with Gasteiger partial charge in [0.1, 0.15) is 10.8 Å². The number of hydrogen-bond acceptors (Lipinski definition) is 8. The molecule has 12 heteroatoms. The second-order valence-electron chi connectivity index (χ2n) is 7.68. The summed E-state index contributed by atoms with van der Waals surface area (Å²) in [5.41, 5.74) is 0.475. The Morgan fingerprint density at radius 2 is 1.88 bits per heavy atom. The van der Waals surface area contributed by atoms with Crippen molar-refractivity contribution in [1.29, 1.82) is 0 Å². The van der Waals surface area contributed by atoms with E-state index >= 15 is 0 Å². The number of rotatable bonds is 7. The molecule has 178 valence electrons. The Hall–Kier alpha value is -2.83. The van der Waals surface area contributed by atoms with Crippen molar-refractivity contribution in [2.75, 3.05) is 11.9 Å². The summed E-state index contributed by atoms with van der Waals surface area (Å²) in [7, 11) is -4.17. The molecular formula is C21H23FN2O7S2. The number of aryl methyl sites for hydroxylation is 1. The number of fused-ring (bicyclic) bond motifs is 1. The molecule has 0 aliphatic heterocycles. The van der Waals surface area contributed by atoms with Crippen LogP contribution >= 0.6 is 11.3 Å². The van der Waals surface area contributed by atoms with Crippen LogP contribution in [0.1, 0.15) is 57.8 Å². The van der Waals surface area contributed by atoms with Gasteiger partial charge in [0, 0.05) is 4.88 Å². The van der Waals surface area contributed by atoms with Gasteiger partial charge in [-0.1, -0.05) is 0 Å². The molecule has 0 saturated carbocycles. The van der Waals surface area contributed by atoms with Gasteiger partial charge < -0.3 is 14.8 Å². The average Bonchev–Trinajstić information content (AvgIpc) is 3.08. The van der Waals surface area contributed by atoms with Crippen LogP contribution in [-0.4, -0.2) is 39.0 Å². The van der Waals surface area contributed by atoms with Crippen LogP contribution in [-0.2, 0) is 37.1 Å². The first-order valence-corrected chi connectivity index (χ1v) is 12.5. The molecule has 0 saturated heterocycles. The van der Waals surface area contributed by atoms with E-state index in [9.17, 15) is 27.2 Å². The monoisotopic (exact) mass is 498 g/mol. The fraction of sp³-hybridized carbons (Fsp3) is 0.381. The van der Waals surface area contributed by atoms with Gasteiger partial charge in [-0.2, -0.15) is 0 Å². The summed E-state index contributed by atoms with van der Waals surface area (Å²) in [6.45, 7) is 2.66. The highest BCUT2D eigenvalue weighted by molar-refractivity contribution is 7.89. The van der Waals surface area contributed by atoms with E-state index in [1.807, 2.05) is 0 Å². The minimum Gasteiger partial charge on any atom is -0.459 e. The SMILES string of the molecule is CC(C)OC(=O)c1c(NC(=O)COC(=O)c2cc(S(N)(=O)=O)ccc2F)sc2c1CCCC2. The number of thiophene rings is 1. The lowest BCUT2D eigenvalue weighted by Crippen LogP contribution is -2.23. The molecule has 0 unspecified atom stereocenters. The molecule has 0 spiro atoms. The molecule has 3 rings (SSSR count). The Labute approximate surface area is 194 Å². The van der Waals surface area contributed by atoms with E-state index in [0.717, 1.165) is 47.9 Å². The number of ether oxygens (including phenoxy) is 2. The zero-order valence-electron chi connectivity index (χ0n) is 18.0. The molecule has 33 heavy (non-hydrogen) atoms. The molecule has 1 aromatic heterocycles. The van der Waals surface area contributed by atoms with Crippen LogP contribution in [0, 0.1) is 5.82 Å². The van der Waals surface area contributed by atoms with E-state index in [1.54, 1.807) is 13.8 Å². The fourth-order valence-corrected chi connectivity index (χ4v) is 5.19. The van der Waals surface area contributed by atoms with Crippen LogP contribution in [0.4, 0.5) is 9.39 Å². The zero-order chi connectivity index (χ0) is 24.3. The number of carbonyl (C=O) groups excluding carboxylic acids is 3. The predicted octanol–water partition coefficient (Wildman–Crippen LogP) is 2.77. The number of nitrogens with two attached hydrogens (primary N) is 1. The second-order valence-corrected chi connectivity index (χ2v) is 10.3. The lowest BCUT2D eigenvalue weighted by Gasteiger charge is -2.14. The smallest absolute Gasteiger partial charge is 0.341 e. The third-order valence-corrected chi connectivity index (χ3v) is 6.91. The minimum absolute atomic E-state index is 0.301. The standard InChI is InChI=1S/C21H23FN2O7S2/c1-11(2)31-21(27)18-13-5-3-4-6-16(13)32-19(18)24-17(25)10-30-20(26)14-9-12(33(23,28)29)7-8-15(14)22/h7-9,11H,3-6,10H2,1-2H3,(H,24,25)(H2,23,28,29). The average molecular weight is 499 g/mol. The number of carbonyl (C=O) groups is 3. The van der Waals surface area contributed by atoms with Gasteiger partial charge in [-0.05, 0) is 63.3 Å². The van der Waals surface area contributed by atoms with E-state index in [0.29, 0.717) is 17.0 Å². The normalized spacial score (nSPS) is 13.4. The third-order valence-electron chi connectivity index (χ3n) is 4.79. The zero-order valence-corrected chi connectivity index (χ0v) is 19.6. The molecule has 9 nitrogen and oxygen atoms in total. The Morgan fingerprint density at radius 3 is 2.55 bits per heavy atom. The van der Waals surface area contributed by atoms with Crippen molar-refractivity contribution in [3.63, 3.8) is 0 Å². The van der Waals surface area contributed by atoms with Crippen LogP contribution in [0.5, 0.6) is 0 Å². The summed E-state index contributed by atoms with van der Waals surface area (Å²) in [5.74, 6) is -3.56. The van der Waals surface area contributed by atoms with Crippen molar-refractivity contribution in [3.8, 4) is 0 Å². The van der Waals surface area contributed by atoms with Gasteiger partial charge >= 0.3 is 11.9 Å². The molecule has 3 N–H and O–H groups in total. The summed E-state index contributed by atoms with van der Waals surface area (Å²) >= 11 is 1.27. The van der Waals surface area contributed by atoms with E-state index in [-0.39, 0.29) is 6.10 Å². The number of anilines is 1. The maximum Gasteiger partial charge on any atom is 0.341 e. The van der Waals surface area contributed by atoms with Gasteiger partial charge in [0.25, 0.3) is 5.91 Å². The topological polar surface area (TPSA) is 142 Å². The van der Waals surface area contributed by atoms with Gasteiger partial charge in [0.2, 0.25) is 10.0 Å². The third kappa shape index (κ3) is 5.95. The highest BCUT2D eigenvalue weighted by Crippen LogP contribution is 2.38. The van der Waals surface area contributed by atoms with Crippen molar-refractivity contribution >= 4 is 44.2 Å². The molecule has 1 aliphatic rings. The second kappa shape index (κ2) is 9.98. The Bertz CT molecular complexity index is 1210. The van der Waals surface area contributed by atoms with Gasteiger partial charge in [0.15, 0.2) is 6.61 Å². The number of hydrogen-bond donors (Lipinski definition) is 2. The Balaban J connectivity index is 1.74. The number of benzene rings is 1. The van der Waals surface area contributed by atoms with Crippen LogP contribution in [0.3, 0.4) is 0 Å². The van der Waals surface area contributed by atoms with Crippen molar-refractivity contribution in [2.24, 2.45) is 5.14 Å². The number of halogens is 1. The van der Waals surface area contributed by atoms with Crippen LogP contribution < -0.4 is 10.5 Å². The summed E-state index contributed by atoms with van der Waals surface area (Å²) < 4.78 is 47.0. The Kier molecular flexibility index (Phi) is 7.50. The minimum atomic E-state index is -4.17. The number of nitrogens with one attached hydrogen (secondary N) is 1. The molecule has 2 aromatic rings. The van der Waals surface area contributed by atoms with Gasteiger partial charge in [-0.3, -0.25) is 4.79 Å². The van der Waals surface area contributed by atoms with Gasteiger partial charge in [-0.15, -0.1) is 11.3 Å². The summed E-state index contributed by atoms with van der Waals surface area (Å²) in [6.07, 6.45) is 3.02. The highest BCUT2D eigenvalue weighted by atomic mass is 32.2. The van der Waals surface area contributed by atoms with Crippen LogP contribution in [0.25, 0.3) is 0 Å². The largest absolute Gasteiger partial charge is 0.459 e. The lowest BCUT2D eigenvalue weighted by atomic mass is 9.95. The van der Waals surface area contributed by atoms with Crippen LogP contribution in [0.15, 0.2) is 23.1 Å².